The van der Waals surface area contributed by atoms with Crippen molar-refractivity contribution >= 4 is 45.7 Å². The lowest BCUT2D eigenvalue weighted by atomic mass is 9.80. The van der Waals surface area contributed by atoms with Crippen molar-refractivity contribution in [2.24, 2.45) is 0 Å². The summed E-state index contributed by atoms with van der Waals surface area (Å²) in [5, 5.41) is 13.6. The Balaban J connectivity index is 1.78. The Bertz CT molecular complexity index is 1510. The minimum Gasteiger partial charge on any atom is -0.376 e. The number of pyridine rings is 2. The standard InChI is InChI=1S/C27H16Cl3FN2O/c28-23-12-10-19(15-32-23)27(34,17-7-4-8-20(31)13-17)18-9-11-22-21(14-18)25(29)24(26(30)33-22)16-5-2-1-3-6-16/h1-15,34H. The summed E-state index contributed by atoms with van der Waals surface area (Å²) in [6.07, 6.45) is 1.47. The SMILES string of the molecule is OC(c1ccc(Cl)nc1)(c1cccc(F)c1)c1ccc2nc(Cl)c(-c3ccccc3)c(Cl)c2c1. The molecule has 1 unspecified atom stereocenters. The van der Waals surface area contributed by atoms with Crippen molar-refractivity contribution < 1.29 is 9.50 Å². The number of hydrogen-bond acceptors (Lipinski definition) is 3. The fourth-order valence-electron chi connectivity index (χ4n) is 4.08. The van der Waals surface area contributed by atoms with E-state index < -0.39 is 11.4 Å². The number of halogens is 4. The van der Waals surface area contributed by atoms with Crippen molar-refractivity contribution in [1.29, 1.82) is 0 Å². The second-order valence-corrected chi connectivity index (χ2v) is 8.90. The summed E-state index contributed by atoms with van der Waals surface area (Å²) in [7, 11) is 0. The van der Waals surface area contributed by atoms with E-state index in [1.165, 1.54) is 18.3 Å². The minimum absolute atomic E-state index is 0.276. The molecule has 0 saturated heterocycles. The van der Waals surface area contributed by atoms with Gasteiger partial charge in [-0.15, -0.1) is 0 Å². The first-order chi connectivity index (χ1) is 16.4. The van der Waals surface area contributed by atoms with Crippen molar-refractivity contribution in [2.75, 3.05) is 0 Å². The number of rotatable bonds is 4. The number of benzene rings is 3. The molecule has 34 heavy (non-hydrogen) atoms. The Labute approximate surface area is 210 Å². The Kier molecular flexibility index (Phi) is 6.00. The molecule has 3 aromatic carbocycles. The molecule has 1 atom stereocenters. The molecular weight excluding hydrogens is 494 g/mol. The molecule has 0 bridgehead atoms. The molecular formula is C27H16Cl3FN2O. The van der Waals surface area contributed by atoms with Gasteiger partial charge in [0.25, 0.3) is 0 Å². The summed E-state index contributed by atoms with van der Waals surface area (Å²) in [6.45, 7) is 0. The van der Waals surface area contributed by atoms with Crippen LogP contribution < -0.4 is 0 Å². The van der Waals surface area contributed by atoms with Gasteiger partial charge in [-0.3, -0.25) is 0 Å². The molecule has 5 aromatic rings. The highest BCUT2D eigenvalue weighted by molar-refractivity contribution is 6.42. The second-order valence-electron chi connectivity index (χ2n) is 7.78. The normalized spacial score (nSPS) is 13.1. The van der Waals surface area contributed by atoms with Crippen LogP contribution in [0, 0.1) is 5.82 Å². The van der Waals surface area contributed by atoms with E-state index in [1.807, 2.05) is 30.3 Å². The number of fused-ring (bicyclic) bond motifs is 1. The van der Waals surface area contributed by atoms with E-state index in [-0.39, 0.29) is 10.3 Å². The lowest BCUT2D eigenvalue weighted by molar-refractivity contribution is 0.125. The molecule has 0 aliphatic carbocycles. The van der Waals surface area contributed by atoms with Crippen LogP contribution in [0.1, 0.15) is 16.7 Å². The summed E-state index contributed by atoms with van der Waals surface area (Å²) >= 11 is 19.3. The lowest BCUT2D eigenvalue weighted by Crippen LogP contribution is -2.29. The van der Waals surface area contributed by atoms with Gasteiger partial charge >= 0.3 is 0 Å². The van der Waals surface area contributed by atoms with Gasteiger partial charge in [-0.2, -0.15) is 0 Å². The van der Waals surface area contributed by atoms with Crippen LogP contribution >= 0.6 is 34.8 Å². The third-order valence-corrected chi connectivity index (χ3v) is 6.63. The summed E-state index contributed by atoms with van der Waals surface area (Å²) in [6, 6.07) is 23.7. The molecule has 1 N–H and O–H groups in total. The van der Waals surface area contributed by atoms with Crippen molar-refractivity contribution in [1.82, 2.24) is 9.97 Å². The molecule has 3 nitrogen and oxygen atoms in total. The van der Waals surface area contributed by atoms with Crippen molar-refractivity contribution in [3.8, 4) is 11.1 Å². The maximum Gasteiger partial charge on any atom is 0.142 e. The number of hydrogen-bond donors (Lipinski definition) is 1. The maximum atomic E-state index is 14.2. The second kappa shape index (κ2) is 8.97. The Morgan fingerprint density at radius 1 is 0.765 bits per heavy atom. The number of nitrogens with zero attached hydrogens (tertiary/aromatic N) is 2. The summed E-state index contributed by atoms with van der Waals surface area (Å²) in [5.74, 6) is -0.475. The van der Waals surface area contributed by atoms with Gasteiger partial charge in [-0.25, -0.2) is 14.4 Å². The quantitative estimate of drug-likeness (QED) is 0.253. The third kappa shape index (κ3) is 3.93. The first-order valence-corrected chi connectivity index (χ1v) is 11.5. The smallest absolute Gasteiger partial charge is 0.142 e. The minimum atomic E-state index is -1.73. The number of aromatic nitrogens is 2. The summed E-state index contributed by atoms with van der Waals surface area (Å²) in [5.41, 5.74) is 1.45. The Morgan fingerprint density at radius 3 is 2.21 bits per heavy atom. The summed E-state index contributed by atoms with van der Waals surface area (Å²) < 4.78 is 14.2. The first kappa shape index (κ1) is 22.8. The highest BCUT2D eigenvalue weighted by atomic mass is 35.5. The van der Waals surface area contributed by atoms with Gasteiger partial charge < -0.3 is 5.11 Å². The zero-order chi connectivity index (χ0) is 23.9. The van der Waals surface area contributed by atoms with Crippen molar-refractivity contribution in [3.05, 3.63) is 129 Å². The topological polar surface area (TPSA) is 46.0 Å². The van der Waals surface area contributed by atoms with E-state index >= 15 is 0 Å². The van der Waals surface area contributed by atoms with Crippen LogP contribution in [0.5, 0.6) is 0 Å². The highest BCUT2D eigenvalue weighted by Gasteiger charge is 2.35. The van der Waals surface area contributed by atoms with E-state index in [2.05, 4.69) is 9.97 Å². The first-order valence-electron chi connectivity index (χ1n) is 10.3. The van der Waals surface area contributed by atoms with E-state index in [9.17, 15) is 9.50 Å². The lowest BCUT2D eigenvalue weighted by Gasteiger charge is -2.30. The van der Waals surface area contributed by atoms with E-state index in [1.54, 1.807) is 42.5 Å². The van der Waals surface area contributed by atoms with Gasteiger partial charge in [0.1, 0.15) is 21.7 Å². The van der Waals surface area contributed by atoms with Crippen LogP contribution in [0.2, 0.25) is 15.3 Å². The molecule has 0 amide bonds. The van der Waals surface area contributed by atoms with Gasteiger partial charge in [0.05, 0.1) is 10.5 Å². The molecule has 0 spiro atoms. The molecule has 0 saturated carbocycles. The molecule has 0 radical (unpaired) electrons. The van der Waals surface area contributed by atoms with Crippen LogP contribution in [-0.4, -0.2) is 15.1 Å². The van der Waals surface area contributed by atoms with Crippen molar-refractivity contribution in [3.63, 3.8) is 0 Å². The molecule has 5 rings (SSSR count). The van der Waals surface area contributed by atoms with E-state index in [0.717, 1.165) is 5.56 Å². The van der Waals surface area contributed by atoms with Crippen LogP contribution in [0.15, 0.2) is 91.1 Å². The fourth-order valence-corrected chi connectivity index (χ4v) is 4.88. The van der Waals surface area contributed by atoms with E-state index in [4.69, 9.17) is 34.8 Å². The molecule has 2 heterocycles. The average Bonchev–Trinajstić information content (AvgIpc) is 2.84. The van der Waals surface area contributed by atoms with Crippen LogP contribution in [0.3, 0.4) is 0 Å². The molecule has 2 aromatic heterocycles. The van der Waals surface area contributed by atoms with Crippen LogP contribution in [0.4, 0.5) is 4.39 Å². The van der Waals surface area contributed by atoms with Crippen LogP contribution in [-0.2, 0) is 5.60 Å². The zero-order valence-electron chi connectivity index (χ0n) is 17.5. The molecule has 0 fully saturated rings. The van der Waals surface area contributed by atoms with Gasteiger partial charge in [0, 0.05) is 22.7 Å². The average molecular weight is 510 g/mol. The molecule has 168 valence electrons. The molecule has 0 aliphatic rings. The summed E-state index contributed by atoms with van der Waals surface area (Å²) in [4.78, 5) is 8.64. The Morgan fingerprint density at radius 2 is 1.50 bits per heavy atom. The zero-order valence-corrected chi connectivity index (χ0v) is 19.8. The largest absolute Gasteiger partial charge is 0.376 e. The van der Waals surface area contributed by atoms with Crippen molar-refractivity contribution in [2.45, 2.75) is 5.60 Å². The van der Waals surface area contributed by atoms with E-state index in [0.29, 0.717) is 38.2 Å². The molecule has 7 heteroatoms. The fraction of sp³-hybridized carbons (Fsp3) is 0.0370. The van der Waals surface area contributed by atoms with Gasteiger partial charge in [0.15, 0.2) is 0 Å². The third-order valence-electron chi connectivity index (χ3n) is 5.75. The van der Waals surface area contributed by atoms with Gasteiger partial charge in [-0.05, 0) is 47.0 Å². The highest BCUT2D eigenvalue weighted by Crippen LogP contribution is 2.42. The maximum absolute atomic E-state index is 14.2. The van der Waals surface area contributed by atoms with Gasteiger partial charge in [-0.1, -0.05) is 89.4 Å². The Hall–Kier alpha value is -3.02. The van der Waals surface area contributed by atoms with Gasteiger partial charge in [0.2, 0.25) is 0 Å². The van der Waals surface area contributed by atoms with Crippen LogP contribution in [0.25, 0.3) is 22.0 Å². The predicted octanol–water partition coefficient (Wildman–Crippen LogP) is 7.68. The number of aliphatic hydroxyl groups is 1. The predicted molar refractivity (Wildman–Crippen MR) is 135 cm³/mol. The molecule has 0 aliphatic heterocycles. The monoisotopic (exact) mass is 508 g/mol.